The van der Waals surface area contributed by atoms with Gasteiger partial charge in [-0.1, -0.05) is 53.6 Å². The Morgan fingerprint density at radius 2 is 1.59 bits per heavy atom. The lowest BCUT2D eigenvalue weighted by molar-refractivity contribution is -0.130. The minimum atomic E-state index is -4.17. The molecular formula is C26H24ClNO5S. The van der Waals surface area contributed by atoms with E-state index in [4.69, 9.17) is 16.3 Å². The molecule has 3 aromatic rings. The van der Waals surface area contributed by atoms with Crippen LogP contribution in [-0.4, -0.2) is 30.9 Å². The molecule has 6 nitrogen and oxygen atoms in total. The number of aliphatic hydroxyl groups is 1. The Kier molecular flexibility index (Phi) is 6.68. The van der Waals surface area contributed by atoms with Crippen molar-refractivity contribution in [2.24, 2.45) is 0 Å². The molecule has 0 spiro atoms. The van der Waals surface area contributed by atoms with Crippen LogP contribution in [0.2, 0.25) is 5.02 Å². The van der Waals surface area contributed by atoms with Gasteiger partial charge in [0.2, 0.25) is 9.84 Å². The maximum Gasteiger partial charge on any atom is 0.290 e. The van der Waals surface area contributed by atoms with E-state index >= 15 is 0 Å². The quantitative estimate of drug-likeness (QED) is 0.474. The van der Waals surface area contributed by atoms with E-state index in [1.54, 1.807) is 60.7 Å². The summed E-state index contributed by atoms with van der Waals surface area (Å²) in [5.74, 6) is -0.899. The molecule has 1 N–H and O–H groups in total. The lowest BCUT2D eigenvalue weighted by Gasteiger charge is -2.27. The van der Waals surface area contributed by atoms with Crippen LogP contribution in [0, 0.1) is 6.92 Å². The highest BCUT2D eigenvalue weighted by atomic mass is 35.5. The standard InChI is InChI=1S/C26H24ClNO5S/c1-3-33-21-12-8-19(9-13-21)23-25(34(31,32)22-14-4-17(2)5-15-22)24(29)26(30)28(23)16-18-6-10-20(27)11-7-18/h4-15,23,29H,3,16H2,1-2H3. The van der Waals surface area contributed by atoms with Crippen molar-refractivity contribution in [3.8, 4) is 5.75 Å². The van der Waals surface area contributed by atoms with Gasteiger partial charge in [0.25, 0.3) is 5.91 Å². The number of benzene rings is 3. The Hall–Kier alpha value is -3.29. The molecule has 8 heteroatoms. The zero-order valence-electron chi connectivity index (χ0n) is 18.7. The van der Waals surface area contributed by atoms with Gasteiger partial charge < -0.3 is 14.7 Å². The first-order valence-corrected chi connectivity index (χ1v) is 12.6. The molecule has 0 radical (unpaired) electrons. The molecule has 0 aromatic heterocycles. The molecule has 1 aliphatic heterocycles. The number of aliphatic hydroxyl groups excluding tert-OH is 1. The van der Waals surface area contributed by atoms with E-state index in [0.29, 0.717) is 22.9 Å². The Morgan fingerprint density at radius 1 is 0.971 bits per heavy atom. The van der Waals surface area contributed by atoms with Gasteiger partial charge in [-0.3, -0.25) is 4.79 Å². The summed E-state index contributed by atoms with van der Waals surface area (Å²) < 4.78 is 32.8. The fourth-order valence-electron chi connectivity index (χ4n) is 3.94. The van der Waals surface area contributed by atoms with E-state index in [-0.39, 0.29) is 16.3 Å². The normalized spacial score (nSPS) is 16.3. The molecule has 3 aromatic carbocycles. The first-order valence-electron chi connectivity index (χ1n) is 10.8. The van der Waals surface area contributed by atoms with Gasteiger partial charge >= 0.3 is 0 Å². The van der Waals surface area contributed by atoms with Crippen molar-refractivity contribution in [1.29, 1.82) is 0 Å². The summed E-state index contributed by atoms with van der Waals surface area (Å²) in [6, 6.07) is 19.1. The van der Waals surface area contributed by atoms with Crippen LogP contribution in [0.1, 0.15) is 29.7 Å². The average Bonchev–Trinajstić information content (AvgIpc) is 3.07. The lowest BCUT2D eigenvalue weighted by atomic mass is 10.1. The van der Waals surface area contributed by atoms with Gasteiger partial charge in [-0.25, -0.2) is 8.42 Å². The molecule has 0 fully saturated rings. The zero-order valence-corrected chi connectivity index (χ0v) is 20.3. The summed E-state index contributed by atoms with van der Waals surface area (Å²) in [4.78, 5) is 14.2. The fourth-order valence-corrected chi connectivity index (χ4v) is 5.72. The Balaban J connectivity index is 1.82. The number of rotatable bonds is 7. The number of halogens is 1. The summed E-state index contributed by atoms with van der Waals surface area (Å²) in [5, 5.41) is 11.4. The summed E-state index contributed by atoms with van der Waals surface area (Å²) in [7, 11) is -4.17. The Bertz CT molecular complexity index is 1330. The second kappa shape index (κ2) is 9.52. The average molecular weight is 498 g/mol. The first-order chi connectivity index (χ1) is 16.2. The zero-order chi connectivity index (χ0) is 24.5. The molecule has 34 heavy (non-hydrogen) atoms. The second-order valence-electron chi connectivity index (χ2n) is 7.99. The number of sulfone groups is 1. The summed E-state index contributed by atoms with van der Waals surface area (Å²) >= 11 is 5.99. The highest BCUT2D eigenvalue weighted by molar-refractivity contribution is 7.95. The van der Waals surface area contributed by atoms with Crippen molar-refractivity contribution < 1.29 is 23.1 Å². The third-order valence-corrected chi connectivity index (χ3v) is 7.79. The van der Waals surface area contributed by atoms with Crippen LogP contribution in [0.3, 0.4) is 0 Å². The SMILES string of the molecule is CCOc1ccc(C2C(S(=O)(=O)c3ccc(C)cc3)=C(O)C(=O)N2Cc2ccc(Cl)cc2)cc1. The smallest absolute Gasteiger partial charge is 0.290 e. The maximum absolute atomic E-state index is 13.7. The third kappa shape index (κ3) is 4.54. The van der Waals surface area contributed by atoms with Gasteiger partial charge in [0.1, 0.15) is 10.7 Å². The molecule has 176 valence electrons. The number of ether oxygens (including phenoxy) is 1. The van der Waals surface area contributed by atoms with Gasteiger partial charge in [-0.2, -0.15) is 0 Å². The van der Waals surface area contributed by atoms with E-state index in [9.17, 15) is 18.3 Å². The van der Waals surface area contributed by atoms with Gasteiger partial charge in [-0.15, -0.1) is 0 Å². The summed E-state index contributed by atoms with van der Waals surface area (Å²) in [6.07, 6.45) is 0. The molecule has 1 amide bonds. The van der Waals surface area contributed by atoms with Crippen LogP contribution in [0.5, 0.6) is 5.75 Å². The highest BCUT2D eigenvalue weighted by Gasteiger charge is 2.46. The molecule has 4 rings (SSSR count). The highest BCUT2D eigenvalue weighted by Crippen LogP contribution is 2.43. The van der Waals surface area contributed by atoms with Gasteiger partial charge in [0, 0.05) is 11.6 Å². The third-order valence-electron chi connectivity index (χ3n) is 5.65. The molecule has 1 unspecified atom stereocenters. The van der Waals surface area contributed by atoms with Crippen molar-refractivity contribution in [1.82, 2.24) is 4.90 Å². The van der Waals surface area contributed by atoms with E-state index in [1.165, 1.54) is 17.0 Å². The minimum absolute atomic E-state index is 0.0109. The van der Waals surface area contributed by atoms with E-state index in [0.717, 1.165) is 11.1 Å². The Morgan fingerprint density at radius 3 is 2.18 bits per heavy atom. The number of hydrogen-bond donors (Lipinski definition) is 1. The summed E-state index contributed by atoms with van der Waals surface area (Å²) in [5.41, 5.74) is 2.18. The molecular weight excluding hydrogens is 474 g/mol. The second-order valence-corrected chi connectivity index (χ2v) is 10.3. The van der Waals surface area contributed by atoms with Crippen LogP contribution in [0.4, 0.5) is 0 Å². The first kappa shape index (κ1) is 23.9. The Labute approximate surface area is 204 Å². The van der Waals surface area contributed by atoms with Crippen molar-refractivity contribution >= 4 is 27.3 Å². The molecule has 0 aliphatic carbocycles. The lowest BCUT2D eigenvalue weighted by Crippen LogP contribution is -2.30. The number of nitrogens with zero attached hydrogens (tertiary/aromatic N) is 1. The molecule has 1 atom stereocenters. The number of carbonyl (C=O) groups is 1. The van der Waals surface area contributed by atoms with Crippen LogP contribution >= 0.6 is 11.6 Å². The van der Waals surface area contributed by atoms with E-state index < -0.39 is 27.5 Å². The van der Waals surface area contributed by atoms with Crippen LogP contribution in [0.15, 0.2) is 88.4 Å². The topological polar surface area (TPSA) is 83.9 Å². The van der Waals surface area contributed by atoms with Crippen molar-refractivity contribution in [3.63, 3.8) is 0 Å². The fraction of sp³-hybridized carbons (Fsp3) is 0.192. The van der Waals surface area contributed by atoms with Crippen LogP contribution in [0.25, 0.3) is 0 Å². The van der Waals surface area contributed by atoms with E-state index in [1.807, 2.05) is 13.8 Å². The van der Waals surface area contributed by atoms with Crippen molar-refractivity contribution in [3.05, 3.63) is 105 Å². The van der Waals surface area contributed by atoms with Gasteiger partial charge in [0.15, 0.2) is 5.76 Å². The number of aryl methyl sites for hydroxylation is 1. The number of hydrogen-bond acceptors (Lipinski definition) is 5. The minimum Gasteiger partial charge on any atom is -0.502 e. The van der Waals surface area contributed by atoms with E-state index in [2.05, 4.69) is 0 Å². The van der Waals surface area contributed by atoms with Gasteiger partial charge in [-0.05, 0) is 61.4 Å². The van der Waals surface area contributed by atoms with Crippen LogP contribution < -0.4 is 4.74 Å². The number of amides is 1. The van der Waals surface area contributed by atoms with Gasteiger partial charge in [0.05, 0.1) is 17.5 Å². The monoisotopic (exact) mass is 497 g/mol. The predicted molar refractivity (Wildman–Crippen MR) is 130 cm³/mol. The predicted octanol–water partition coefficient (Wildman–Crippen LogP) is 5.37. The maximum atomic E-state index is 13.7. The number of carbonyl (C=O) groups excluding carboxylic acids is 1. The van der Waals surface area contributed by atoms with Crippen LogP contribution in [-0.2, 0) is 21.2 Å². The van der Waals surface area contributed by atoms with Crippen molar-refractivity contribution in [2.45, 2.75) is 31.3 Å². The molecule has 0 saturated carbocycles. The van der Waals surface area contributed by atoms with Crippen molar-refractivity contribution in [2.75, 3.05) is 6.61 Å². The molecule has 0 saturated heterocycles. The summed E-state index contributed by atoms with van der Waals surface area (Å²) in [6.45, 7) is 4.29. The molecule has 1 aliphatic rings. The molecule has 0 bridgehead atoms. The largest absolute Gasteiger partial charge is 0.502 e. The molecule has 1 heterocycles.